The summed E-state index contributed by atoms with van der Waals surface area (Å²) in [5, 5.41) is 0.848. The third kappa shape index (κ3) is 3.58. The number of carbonyl (C=O) groups is 1. The van der Waals surface area contributed by atoms with Crippen LogP contribution in [0.4, 0.5) is 4.39 Å². The zero-order valence-corrected chi connectivity index (χ0v) is 13.8. The van der Waals surface area contributed by atoms with E-state index in [1.54, 1.807) is 36.4 Å². The lowest BCUT2D eigenvalue weighted by Gasteiger charge is -2.01. The Hall–Kier alpha value is -2.36. The molecule has 0 fully saturated rings. The molecule has 120 valence electrons. The van der Waals surface area contributed by atoms with Crippen molar-refractivity contribution in [2.45, 2.75) is 0 Å². The van der Waals surface area contributed by atoms with E-state index in [1.807, 2.05) is 0 Å². The first-order valence-corrected chi connectivity index (χ1v) is 7.82. The summed E-state index contributed by atoms with van der Waals surface area (Å²) < 4.78 is 18.5. The maximum Gasteiger partial charge on any atom is 0.185 e. The number of hydrogen-bond donors (Lipinski definition) is 0. The number of hydrogen-bond acceptors (Lipinski definition) is 2. The molecule has 0 aliphatic carbocycles. The highest BCUT2D eigenvalue weighted by molar-refractivity contribution is 6.43. The minimum atomic E-state index is -0.385. The molecule has 24 heavy (non-hydrogen) atoms. The van der Waals surface area contributed by atoms with Crippen LogP contribution in [0.15, 0.2) is 65.1 Å². The fraction of sp³-hybridized carbons (Fsp3) is 0. The van der Waals surface area contributed by atoms with Gasteiger partial charge in [-0.2, -0.15) is 0 Å². The van der Waals surface area contributed by atoms with Crippen molar-refractivity contribution < 1.29 is 13.6 Å². The Morgan fingerprint density at radius 1 is 1.00 bits per heavy atom. The van der Waals surface area contributed by atoms with Gasteiger partial charge in [0.05, 0.1) is 10.0 Å². The number of furan rings is 1. The minimum Gasteiger partial charge on any atom is -0.457 e. The number of carbonyl (C=O) groups excluding carboxylic acids is 1. The minimum absolute atomic E-state index is 0.242. The lowest BCUT2D eigenvalue weighted by molar-refractivity contribution is 0.104. The molecule has 2 aromatic carbocycles. The van der Waals surface area contributed by atoms with Crippen molar-refractivity contribution in [3.63, 3.8) is 0 Å². The topological polar surface area (TPSA) is 30.2 Å². The van der Waals surface area contributed by atoms with Crippen LogP contribution in [0, 0.1) is 5.82 Å². The molecule has 0 saturated carbocycles. The van der Waals surface area contributed by atoms with Crippen molar-refractivity contribution >= 4 is 35.1 Å². The SMILES string of the molecule is O=C(/C=C/c1ccc(-c2cccc(Cl)c2Cl)o1)c1ccc(F)cc1. The lowest BCUT2D eigenvalue weighted by atomic mass is 10.1. The highest BCUT2D eigenvalue weighted by atomic mass is 35.5. The van der Waals surface area contributed by atoms with Gasteiger partial charge in [0.25, 0.3) is 0 Å². The van der Waals surface area contributed by atoms with Crippen LogP contribution >= 0.6 is 23.2 Å². The normalized spacial score (nSPS) is 11.1. The average Bonchev–Trinajstić information content (AvgIpc) is 3.04. The Balaban J connectivity index is 1.80. The van der Waals surface area contributed by atoms with Crippen LogP contribution in [0.5, 0.6) is 0 Å². The molecule has 3 aromatic rings. The Bertz CT molecular complexity index is 911. The van der Waals surface area contributed by atoms with Crippen LogP contribution in [-0.4, -0.2) is 5.78 Å². The Labute approximate surface area is 148 Å². The van der Waals surface area contributed by atoms with Crippen LogP contribution in [0.25, 0.3) is 17.4 Å². The second-order valence-electron chi connectivity index (χ2n) is 5.01. The number of benzene rings is 2. The molecule has 3 rings (SSSR count). The highest BCUT2D eigenvalue weighted by Crippen LogP contribution is 2.34. The molecule has 0 saturated heterocycles. The summed E-state index contributed by atoms with van der Waals surface area (Å²) in [6.45, 7) is 0. The Morgan fingerprint density at radius 2 is 1.75 bits per heavy atom. The van der Waals surface area contributed by atoms with E-state index in [-0.39, 0.29) is 11.6 Å². The van der Waals surface area contributed by atoms with Crippen molar-refractivity contribution in [3.8, 4) is 11.3 Å². The quantitative estimate of drug-likeness (QED) is 0.404. The lowest BCUT2D eigenvalue weighted by Crippen LogP contribution is -1.93. The van der Waals surface area contributed by atoms with E-state index in [2.05, 4.69) is 0 Å². The zero-order valence-electron chi connectivity index (χ0n) is 12.3. The Morgan fingerprint density at radius 3 is 2.50 bits per heavy atom. The highest BCUT2D eigenvalue weighted by Gasteiger charge is 2.10. The first-order valence-electron chi connectivity index (χ1n) is 7.07. The molecule has 0 unspecified atom stereocenters. The van der Waals surface area contributed by atoms with E-state index in [1.165, 1.54) is 30.3 Å². The summed E-state index contributed by atoms with van der Waals surface area (Å²) in [5.74, 6) is 0.422. The monoisotopic (exact) mass is 360 g/mol. The smallest absolute Gasteiger partial charge is 0.185 e. The fourth-order valence-electron chi connectivity index (χ4n) is 2.15. The predicted octanol–water partition coefficient (Wildman–Crippen LogP) is 6.29. The van der Waals surface area contributed by atoms with Gasteiger partial charge < -0.3 is 4.42 Å². The number of halogens is 3. The van der Waals surface area contributed by atoms with Crippen molar-refractivity contribution in [2.75, 3.05) is 0 Å². The van der Waals surface area contributed by atoms with Gasteiger partial charge in [-0.25, -0.2) is 4.39 Å². The zero-order chi connectivity index (χ0) is 17.1. The molecular formula is C19H11Cl2FO2. The molecule has 0 N–H and O–H groups in total. The molecule has 0 aliphatic rings. The second kappa shape index (κ2) is 7.04. The predicted molar refractivity (Wildman–Crippen MR) is 93.9 cm³/mol. The van der Waals surface area contributed by atoms with E-state index in [4.69, 9.17) is 27.6 Å². The van der Waals surface area contributed by atoms with Crippen molar-refractivity contribution in [1.82, 2.24) is 0 Å². The third-order valence-electron chi connectivity index (χ3n) is 3.37. The second-order valence-corrected chi connectivity index (χ2v) is 5.79. The summed E-state index contributed by atoms with van der Waals surface area (Å²) >= 11 is 12.2. The van der Waals surface area contributed by atoms with Crippen LogP contribution in [0.1, 0.15) is 16.1 Å². The largest absolute Gasteiger partial charge is 0.457 e. The van der Waals surface area contributed by atoms with Gasteiger partial charge in [0.1, 0.15) is 17.3 Å². The van der Waals surface area contributed by atoms with Gasteiger partial charge in [0, 0.05) is 11.1 Å². The summed E-state index contributed by atoms with van der Waals surface area (Å²) in [6.07, 6.45) is 2.92. The molecule has 0 bridgehead atoms. The van der Waals surface area contributed by atoms with Crippen LogP contribution < -0.4 is 0 Å². The maximum absolute atomic E-state index is 12.9. The molecule has 1 heterocycles. The standard InChI is InChI=1S/C19H11Cl2FO2/c20-16-3-1-2-15(19(16)21)18-11-9-14(24-18)8-10-17(23)12-4-6-13(22)7-5-12/h1-11H/b10-8+. The number of rotatable bonds is 4. The third-order valence-corrected chi connectivity index (χ3v) is 4.19. The molecule has 2 nitrogen and oxygen atoms in total. The fourth-order valence-corrected chi connectivity index (χ4v) is 2.54. The molecule has 0 spiro atoms. The first kappa shape index (κ1) is 16.5. The molecule has 0 aliphatic heterocycles. The number of ketones is 1. The van der Waals surface area contributed by atoms with Crippen molar-refractivity contribution in [3.05, 3.63) is 87.9 Å². The van der Waals surface area contributed by atoms with Gasteiger partial charge in [0.2, 0.25) is 0 Å². The first-order chi connectivity index (χ1) is 11.5. The van der Waals surface area contributed by atoms with Gasteiger partial charge in [-0.05, 0) is 60.7 Å². The Kier molecular flexibility index (Phi) is 4.84. The van der Waals surface area contributed by atoms with Gasteiger partial charge >= 0.3 is 0 Å². The summed E-state index contributed by atoms with van der Waals surface area (Å²) in [6, 6.07) is 14.1. The van der Waals surface area contributed by atoms with Gasteiger partial charge in [-0.3, -0.25) is 4.79 Å². The summed E-state index contributed by atoms with van der Waals surface area (Å²) in [5.41, 5.74) is 1.07. The maximum atomic E-state index is 12.9. The van der Waals surface area contributed by atoms with Gasteiger partial charge in [0.15, 0.2) is 5.78 Å². The molecule has 0 atom stereocenters. The molecule has 5 heteroatoms. The van der Waals surface area contributed by atoms with E-state index in [0.717, 1.165) is 0 Å². The molecular weight excluding hydrogens is 350 g/mol. The van der Waals surface area contributed by atoms with E-state index in [9.17, 15) is 9.18 Å². The summed E-state index contributed by atoms with van der Waals surface area (Å²) in [7, 11) is 0. The molecule has 0 amide bonds. The molecule has 1 aromatic heterocycles. The van der Waals surface area contributed by atoms with E-state index < -0.39 is 0 Å². The molecule has 0 radical (unpaired) electrons. The van der Waals surface area contributed by atoms with E-state index in [0.29, 0.717) is 32.7 Å². The van der Waals surface area contributed by atoms with Crippen LogP contribution in [0.3, 0.4) is 0 Å². The van der Waals surface area contributed by atoms with Gasteiger partial charge in [-0.1, -0.05) is 29.3 Å². The summed E-state index contributed by atoms with van der Waals surface area (Å²) in [4.78, 5) is 12.0. The average molecular weight is 361 g/mol. The van der Waals surface area contributed by atoms with Crippen molar-refractivity contribution in [1.29, 1.82) is 0 Å². The number of allylic oxidation sites excluding steroid dienone is 1. The van der Waals surface area contributed by atoms with Crippen LogP contribution in [0.2, 0.25) is 10.0 Å². The van der Waals surface area contributed by atoms with Crippen molar-refractivity contribution in [2.24, 2.45) is 0 Å². The van der Waals surface area contributed by atoms with Crippen LogP contribution in [-0.2, 0) is 0 Å². The van der Waals surface area contributed by atoms with E-state index >= 15 is 0 Å². The van der Waals surface area contributed by atoms with Gasteiger partial charge in [-0.15, -0.1) is 0 Å².